The van der Waals surface area contributed by atoms with Crippen LogP contribution in [0.4, 0.5) is 0 Å². The van der Waals surface area contributed by atoms with Crippen LogP contribution in [0.3, 0.4) is 0 Å². The minimum absolute atomic E-state index is 0.0829. The van der Waals surface area contributed by atoms with Gasteiger partial charge in [0.2, 0.25) is 0 Å². The first-order chi connectivity index (χ1) is 11.1. The maximum atomic E-state index is 11.1. The third-order valence-electron chi connectivity index (χ3n) is 4.22. The van der Waals surface area contributed by atoms with E-state index >= 15 is 0 Å². The molecule has 0 unspecified atom stereocenters. The molecule has 1 fully saturated rings. The van der Waals surface area contributed by atoms with Gasteiger partial charge in [0.05, 0.1) is 19.8 Å². The number of allylic oxidation sites excluding steroid dienone is 3. The van der Waals surface area contributed by atoms with Crippen LogP contribution in [0.1, 0.15) is 46.5 Å². The highest BCUT2D eigenvalue weighted by Gasteiger charge is 2.52. The third kappa shape index (κ3) is 8.26. The molecule has 0 aromatic heterocycles. The standard InChI is InChI=1S/C19H34O4Si/c1-15(9-8-10-16(2)13-18(20)21-4)11-12-17-19(3,23-17)14-22-24(5,6)7/h9,13,17H,8,10-12,14H2,1-7H3/b15-9+,16-13+/t17-,19-/m0/s1. The van der Waals surface area contributed by atoms with Crippen molar-refractivity contribution in [1.82, 2.24) is 0 Å². The van der Waals surface area contributed by atoms with E-state index < -0.39 is 8.32 Å². The Kier molecular flexibility index (Phi) is 7.90. The molecule has 1 saturated heterocycles. The molecular formula is C19H34O4Si. The number of epoxide rings is 1. The summed E-state index contributed by atoms with van der Waals surface area (Å²) in [6, 6.07) is 0. The molecule has 0 aromatic carbocycles. The summed E-state index contributed by atoms with van der Waals surface area (Å²) in [5.41, 5.74) is 2.35. The molecule has 1 aliphatic heterocycles. The number of esters is 1. The molecule has 24 heavy (non-hydrogen) atoms. The lowest BCUT2D eigenvalue weighted by molar-refractivity contribution is -0.134. The van der Waals surface area contributed by atoms with Crippen LogP contribution in [-0.4, -0.2) is 39.7 Å². The zero-order valence-electron chi connectivity index (χ0n) is 16.4. The number of hydrogen-bond acceptors (Lipinski definition) is 4. The third-order valence-corrected chi connectivity index (χ3v) is 5.24. The lowest BCUT2D eigenvalue weighted by atomic mass is 10.0. The number of ether oxygens (including phenoxy) is 2. The van der Waals surface area contributed by atoms with E-state index in [4.69, 9.17) is 9.16 Å². The molecule has 0 bridgehead atoms. The average Bonchev–Trinajstić information content (AvgIpc) is 3.13. The number of carbonyl (C=O) groups is 1. The van der Waals surface area contributed by atoms with Gasteiger partial charge in [0.1, 0.15) is 5.60 Å². The molecule has 0 spiro atoms. The monoisotopic (exact) mass is 354 g/mol. The van der Waals surface area contributed by atoms with E-state index in [2.05, 4.69) is 44.3 Å². The van der Waals surface area contributed by atoms with Gasteiger partial charge < -0.3 is 13.9 Å². The highest BCUT2D eigenvalue weighted by molar-refractivity contribution is 6.69. The molecule has 138 valence electrons. The Balaban J connectivity index is 2.26. The predicted molar refractivity (Wildman–Crippen MR) is 101 cm³/mol. The topological polar surface area (TPSA) is 48.1 Å². The van der Waals surface area contributed by atoms with Crippen LogP contribution < -0.4 is 0 Å². The highest BCUT2D eigenvalue weighted by Crippen LogP contribution is 2.40. The van der Waals surface area contributed by atoms with Crippen molar-refractivity contribution in [3.63, 3.8) is 0 Å². The Morgan fingerprint density at radius 1 is 1.21 bits per heavy atom. The minimum Gasteiger partial charge on any atom is -0.466 e. The average molecular weight is 355 g/mol. The van der Waals surface area contributed by atoms with Gasteiger partial charge in [-0.25, -0.2) is 4.79 Å². The van der Waals surface area contributed by atoms with Crippen LogP contribution in [0.25, 0.3) is 0 Å². The predicted octanol–water partition coefficient (Wildman–Crippen LogP) is 4.62. The van der Waals surface area contributed by atoms with Gasteiger partial charge in [-0.2, -0.15) is 0 Å². The number of carbonyl (C=O) groups excluding carboxylic acids is 1. The highest BCUT2D eigenvalue weighted by atomic mass is 28.4. The van der Waals surface area contributed by atoms with Crippen molar-refractivity contribution in [2.75, 3.05) is 13.7 Å². The van der Waals surface area contributed by atoms with Gasteiger partial charge in [-0.1, -0.05) is 17.2 Å². The zero-order valence-corrected chi connectivity index (χ0v) is 17.4. The van der Waals surface area contributed by atoms with Crippen molar-refractivity contribution >= 4 is 14.3 Å². The summed E-state index contributed by atoms with van der Waals surface area (Å²) in [6.45, 7) is 13.6. The van der Waals surface area contributed by atoms with Gasteiger partial charge in [0, 0.05) is 6.08 Å². The Hall–Kier alpha value is -0.913. The zero-order chi connectivity index (χ0) is 18.4. The Morgan fingerprint density at radius 3 is 2.46 bits per heavy atom. The molecule has 0 radical (unpaired) electrons. The largest absolute Gasteiger partial charge is 0.466 e. The van der Waals surface area contributed by atoms with Crippen molar-refractivity contribution in [2.24, 2.45) is 0 Å². The SMILES string of the molecule is COC(=O)/C=C(\C)CC/C=C(\C)CC[C@@H]1O[C@@]1(C)CO[Si](C)(C)C. The van der Waals surface area contributed by atoms with Gasteiger partial charge in [-0.05, 0) is 66.1 Å². The molecule has 0 N–H and O–H groups in total. The van der Waals surface area contributed by atoms with E-state index in [1.165, 1.54) is 12.7 Å². The molecule has 2 atom stereocenters. The molecule has 4 nitrogen and oxygen atoms in total. The molecule has 0 amide bonds. The summed E-state index contributed by atoms with van der Waals surface area (Å²) in [7, 11) is -0.0727. The fourth-order valence-electron chi connectivity index (χ4n) is 2.48. The van der Waals surface area contributed by atoms with Gasteiger partial charge in [0.15, 0.2) is 8.32 Å². The first-order valence-electron chi connectivity index (χ1n) is 8.78. The fraction of sp³-hybridized carbons (Fsp3) is 0.737. The fourth-order valence-corrected chi connectivity index (χ4v) is 3.20. The van der Waals surface area contributed by atoms with Gasteiger partial charge in [0.25, 0.3) is 0 Å². The van der Waals surface area contributed by atoms with Gasteiger partial charge >= 0.3 is 5.97 Å². The molecule has 5 heteroatoms. The summed E-state index contributed by atoms with van der Waals surface area (Å²) in [4.78, 5) is 11.1. The summed E-state index contributed by atoms with van der Waals surface area (Å²) >= 11 is 0. The van der Waals surface area contributed by atoms with Crippen LogP contribution in [0, 0.1) is 0 Å². The first-order valence-corrected chi connectivity index (χ1v) is 12.2. The first kappa shape index (κ1) is 21.1. The Labute approximate surface area is 148 Å². The molecule has 1 aliphatic rings. The maximum Gasteiger partial charge on any atom is 0.330 e. The lowest BCUT2D eigenvalue weighted by Crippen LogP contribution is -2.31. The Morgan fingerprint density at radius 2 is 1.88 bits per heavy atom. The molecule has 0 saturated carbocycles. The van der Waals surface area contributed by atoms with E-state index in [1.807, 2.05) is 6.92 Å². The van der Waals surface area contributed by atoms with E-state index in [9.17, 15) is 4.79 Å². The van der Waals surface area contributed by atoms with Gasteiger partial charge in [-0.15, -0.1) is 0 Å². The lowest BCUT2D eigenvalue weighted by Gasteiger charge is -2.19. The normalized spacial score (nSPS) is 24.9. The summed E-state index contributed by atoms with van der Waals surface area (Å²) in [5, 5.41) is 0. The van der Waals surface area contributed by atoms with E-state index in [0.29, 0.717) is 12.7 Å². The van der Waals surface area contributed by atoms with Crippen LogP contribution in [0.2, 0.25) is 19.6 Å². The van der Waals surface area contributed by atoms with E-state index in [-0.39, 0.29) is 11.6 Å². The second kappa shape index (κ2) is 8.97. The summed E-state index contributed by atoms with van der Waals surface area (Å²) in [5.74, 6) is -0.279. The number of methoxy groups -OCH3 is 1. The van der Waals surface area contributed by atoms with Crippen molar-refractivity contribution in [2.45, 2.75) is 77.8 Å². The molecule has 1 heterocycles. The molecule has 0 aromatic rings. The van der Waals surface area contributed by atoms with Crippen molar-refractivity contribution < 1.29 is 18.7 Å². The smallest absolute Gasteiger partial charge is 0.330 e. The Bertz CT molecular complexity index is 490. The van der Waals surface area contributed by atoms with Crippen molar-refractivity contribution in [1.29, 1.82) is 0 Å². The number of rotatable bonds is 10. The van der Waals surface area contributed by atoms with Crippen LogP contribution in [-0.2, 0) is 18.7 Å². The van der Waals surface area contributed by atoms with Crippen molar-refractivity contribution in [3.05, 3.63) is 23.3 Å². The van der Waals surface area contributed by atoms with E-state index in [0.717, 1.165) is 31.3 Å². The summed E-state index contributed by atoms with van der Waals surface area (Å²) < 4.78 is 16.5. The maximum absolute atomic E-state index is 11.1. The minimum atomic E-state index is -1.47. The molecular weight excluding hydrogens is 320 g/mol. The van der Waals surface area contributed by atoms with Crippen LogP contribution in [0.15, 0.2) is 23.3 Å². The molecule has 1 rings (SSSR count). The quantitative estimate of drug-likeness (QED) is 0.189. The second-order valence-corrected chi connectivity index (χ2v) is 12.5. The van der Waals surface area contributed by atoms with Crippen LogP contribution >= 0.6 is 0 Å². The number of hydrogen-bond donors (Lipinski definition) is 0. The van der Waals surface area contributed by atoms with Crippen LogP contribution in [0.5, 0.6) is 0 Å². The van der Waals surface area contributed by atoms with Gasteiger partial charge in [-0.3, -0.25) is 0 Å². The van der Waals surface area contributed by atoms with Crippen molar-refractivity contribution in [3.8, 4) is 0 Å². The molecule has 0 aliphatic carbocycles. The second-order valence-electron chi connectivity index (χ2n) is 7.96. The summed E-state index contributed by atoms with van der Waals surface area (Å²) in [6.07, 6.45) is 8.06. The van der Waals surface area contributed by atoms with E-state index in [1.54, 1.807) is 6.08 Å².